The van der Waals surface area contributed by atoms with E-state index >= 15 is 0 Å². The molecule has 0 aromatic carbocycles. The van der Waals surface area contributed by atoms with Crippen LogP contribution >= 0.6 is 0 Å². The summed E-state index contributed by atoms with van der Waals surface area (Å²) in [6, 6.07) is 1.03. The molecule has 3 atom stereocenters. The highest BCUT2D eigenvalue weighted by atomic mass is 28.3. The molecule has 0 saturated heterocycles. The molecule has 4 fully saturated rings. The Morgan fingerprint density at radius 2 is 1.83 bits per heavy atom. The van der Waals surface area contributed by atoms with Gasteiger partial charge in [0, 0.05) is 21.7 Å². The summed E-state index contributed by atoms with van der Waals surface area (Å²) in [4.78, 5) is 25.8. The van der Waals surface area contributed by atoms with E-state index in [0.717, 1.165) is 36.6 Å². The fraction of sp³-hybridized carbons (Fsp3) is 0.826. The second-order valence-electron chi connectivity index (χ2n) is 11.8. The summed E-state index contributed by atoms with van der Waals surface area (Å²) >= 11 is 0. The molecule has 0 radical (unpaired) electrons. The number of allylic oxidation sites excluding steroid dienone is 1. The van der Waals surface area contributed by atoms with Gasteiger partial charge in [-0.25, -0.2) is 9.59 Å². The lowest BCUT2D eigenvalue weighted by Crippen LogP contribution is -2.59. The number of likely N-dealkylation sites (N-methyl/N-ethyl adjacent to an activating group) is 1. The Labute approximate surface area is 182 Å². The minimum absolute atomic E-state index is 0.239. The summed E-state index contributed by atoms with van der Waals surface area (Å²) in [5.41, 5.74) is -0.373. The summed E-state index contributed by atoms with van der Waals surface area (Å²) in [5, 5.41) is 12.8. The number of nitrogens with zero attached hydrogens (tertiary/aromatic N) is 1. The topological polar surface area (TPSA) is 78.9 Å². The van der Waals surface area contributed by atoms with Crippen LogP contribution in [0.5, 0.6) is 0 Å². The van der Waals surface area contributed by atoms with Gasteiger partial charge in [0.2, 0.25) is 0 Å². The Morgan fingerprint density at radius 1 is 1.23 bits per heavy atom. The molecule has 2 amide bonds. The van der Waals surface area contributed by atoms with Crippen LogP contribution in [-0.2, 0) is 4.74 Å². The van der Waals surface area contributed by atoms with Crippen molar-refractivity contribution in [1.29, 1.82) is 0 Å². The number of hydrogen-bond acceptors (Lipinski definition) is 3. The minimum atomic E-state index is -1.40. The zero-order chi connectivity index (χ0) is 22.3. The molecule has 2 unspecified atom stereocenters. The van der Waals surface area contributed by atoms with Crippen molar-refractivity contribution < 1.29 is 19.4 Å². The van der Waals surface area contributed by atoms with E-state index in [9.17, 15) is 14.7 Å². The third-order valence-electron chi connectivity index (χ3n) is 7.70. The Bertz CT molecular complexity index is 690. The molecule has 4 aliphatic rings. The predicted octanol–water partition coefficient (Wildman–Crippen LogP) is 5.54. The number of amides is 2. The van der Waals surface area contributed by atoms with Crippen LogP contribution in [-0.4, -0.2) is 49.4 Å². The van der Waals surface area contributed by atoms with E-state index < -0.39 is 25.8 Å². The van der Waals surface area contributed by atoms with Crippen LogP contribution < -0.4 is 5.32 Å². The number of carbonyl (C=O) groups is 2. The van der Waals surface area contributed by atoms with Gasteiger partial charge in [-0.1, -0.05) is 32.3 Å². The average Bonchev–Trinajstić information content (AvgIpc) is 2.94. The normalized spacial score (nSPS) is 31.3. The number of alkyl carbamates (subject to hydrolysis) is 1. The first-order chi connectivity index (χ1) is 13.8. The summed E-state index contributed by atoms with van der Waals surface area (Å²) in [5.74, 6) is 2.70. The van der Waals surface area contributed by atoms with Crippen LogP contribution in [0.2, 0.25) is 25.7 Å². The van der Waals surface area contributed by atoms with Crippen molar-refractivity contribution in [1.82, 2.24) is 10.2 Å². The van der Waals surface area contributed by atoms with Crippen molar-refractivity contribution in [3.63, 3.8) is 0 Å². The molecule has 4 bridgehead atoms. The summed E-state index contributed by atoms with van der Waals surface area (Å²) in [7, 11) is 0.204. The standard InChI is InChI=1S/C23H40N2O4Si/c1-16(2)29-20(26)24-23(7-8-30(4,5)6,15-25(3)21(27)28)14-22-12-17-9-18(13-22)11-19(22)10-17/h17-19H,1,7-15H2,2-6H3,(H,24,26)(H,27,28)/t17?,18?,19?,22?,23-/m0/s1. The van der Waals surface area contributed by atoms with E-state index in [-0.39, 0.29) is 5.41 Å². The molecule has 4 saturated carbocycles. The Balaban J connectivity index is 1.91. The van der Waals surface area contributed by atoms with Crippen LogP contribution in [0.15, 0.2) is 12.3 Å². The third kappa shape index (κ3) is 5.21. The van der Waals surface area contributed by atoms with E-state index in [2.05, 4.69) is 31.5 Å². The maximum absolute atomic E-state index is 12.7. The van der Waals surface area contributed by atoms with E-state index in [1.54, 1.807) is 14.0 Å². The molecule has 6 nitrogen and oxygen atoms in total. The van der Waals surface area contributed by atoms with Gasteiger partial charge in [-0.15, -0.1) is 0 Å². The second-order valence-corrected chi connectivity index (χ2v) is 17.4. The highest BCUT2D eigenvalue weighted by Crippen LogP contribution is 2.67. The number of hydrogen-bond donors (Lipinski definition) is 2. The number of carboxylic acid groups (broad SMARTS) is 1. The highest BCUT2D eigenvalue weighted by Gasteiger charge is 2.60. The summed E-state index contributed by atoms with van der Waals surface area (Å²) in [6.45, 7) is 12.6. The molecule has 170 valence electrons. The van der Waals surface area contributed by atoms with Crippen LogP contribution in [0, 0.1) is 23.2 Å². The SMILES string of the molecule is C=C(C)OC(=O)N[C@](CC[Si](C)(C)C)(CN(C)C(=O)O)CC12CC3CC(CC1C3)C2. The Hall–Kier alpha value is -1.50. The number of nitrogens with one attached hydrogen (secondary N) is 1. The summed E-state index contributed by atoms with van der Waals surface area (Å²) < 4.78 is 5.28. The van der Waals surface area contributed by atoms with Crippen molar-refractivity contribution in [2.75, 3.05) is 13.6 Å². The number of rotatable bonds is 9. The van der Waals surface area contributed by atoms with Gasteiger partial charge >= 0.3 is 12.2 Å². The lowest BCUT2D eigenvalue weighted by Gasteiger charge is -2.45. The van der Waals surface area contributed by atoms with E-state index in [0.29, 0.717) is 12.3 Å². The largest absolute Gasteiger partial charge is 0.465 e. The molecule has 0 heterocycles. The van der Waals surface area contributed by atoms with Gasteiger partial charge in [-0.05, 0) is 75.0 Å². The van der Waals surface area contributed by atoms with Crippen LogP contribution in [0.25, 0.3) is 0 Å². The summed E-state index contributed by atoms with van der Waals surface area (Å²) in [6.07, 6.45) is 6.62. The first-order valence-corrected chi connectivity index (χ1v) is 15.1. The highest BCUT2D eigenvalue weighted by molar-refractivity contribution is 6.76. The number of ether oxygens (including phenoxy) is 1. The minimum Gasteiger partial charge on any atom is -0.465 e. The van der Waals surface area contributed by atoms with Crippen LogP contribution in [0.1, 0.15) is 51.9 Å². The molecule has 4 aliphatic carbocycles. The zero-order valence-corrected chi connectivity index (χ0v) is 20.4. The lowest BCUT2D eigenvalue weighted by molar-refractivity contribution is 0.0788. The van der Waals surface area contributed by atoms with E-state index in [4.69, 9.17) is 4.74 Å². The maximum Gasteiger partial charge on any atom is 0.412 e. The van der Waals surface area contributed by atoms with Gasteiger partial charge in [-0.3, -0.25) is 0 Å². The van der Waals surface area contributed by atoms with Crippen LogP contribution in [0.4, 0.5) is 9.59 Å². The lowest BCUT2D eigenvalue weighted by atomic mass is 9.67. The monoisotopic (exact) mass is 436 g/mol. The molecule has 0 aliphatic heterocycles. The van der Waals surface area contributed by atoms with Gasteiger partial charge in [0.1, 0.15) is 0 Å². The first-order valence-electron chi connectivity index (χ1n) is 11.4. The van der Waals surface area contributed by atoms with Gasteiger partial charge in [-0.2, -0.15) is 0 Å². The van der Waals surface area contributed by atoms with Crippen molar-refractivity contribution in [2.45, 2.75) is 83.1 Å². The van der Waals surface area contributed by atoms with E-state index in [1.165, 1.54) is 37.0 Å². The van der Waals surface area contributed by atoms with Crippen molar-refractivity contribution in [3.05, 3.63) is 12.3 Å². The van der Waals surface area contributed by atoms with Crippen molar-refractivity contribution in [3.8, 4) is 0 Å². The molecule has 0 aromatic heterocycles. The van der Waals surface area contributed by atoms with Gasteiger partial charge in [0.05, 0.1) is 11.3 Å². The molecule has 0 aromatic rings. The molecule has 4 rings (SSSR count). The molecular weight excluding hydrogens is 396 g/mol. The molecular formula is C23H40N2O4Si. The Kier molecular flexibility index (Phi) is 6.34. The predicted molar refractivity (Wildman–Crippen MR) is 121 cm³/mol. The molecule has 2 N–H and O–H groups in total. The van der Waals surface area contributed by atoms with Gasteiger partial charge in [0.25, 0.3) is 0 Å². The van der Waals surface area contributed by atoms with E-state index in [1.807, 2.05) is 0 Å². The maximum atomic E-state index is 12.7. The van der Waals surface area contributed by atoms with Crippen molar-refractivity contribution >= 4 is 20.3 Å². The third-order valence-corrected chi connectivity index (χ3v) is 9.45. The van der Waals surface area contributed by atoms with Gasteiger partial charge in [0.15, 0.2) is 0 Å². The van der Waals surface area contributed by atoms with Gasteiger partial charge < -0.3 is 20.1 Å². The fourth-order valence-electron chi connectivity index (χ4n) is 6.83. The first kappa shape index (κ1) is 23.2. The Morgan fingerprint density at radius 3 is 2.33 bits per heavy atom. The average molecular weight is 437 g/mol. The molecule has 7 heteroatoms. The smallest absolute Gasteiger partial charge is 0.412 e. The van der Waals surface area contributed by atoms with Crippen LogP contribution in [0.3, 0.4) is 0 Å². The second kappa shape index (κ2) is 8.21. The fourth-order valence-corrected chi connectivity index (χ4v) is 8.06. The quantitative estimate of drug-likeness (QED) is 0.367. The zero-order valence-electron chi connectivity index (χ0n) is 19.4. The molecule has 30 heavy (non-hydrogen) atoms. The number of carbonyl (C=O) groups excluding carboxylic acids is 1. The molecule has 0 spiro atoms. The van der Waals surface area contributed by atoms with Crippen molar-refractivity contribution in [2.24, 2.45) is 23.2 Å².